The van der Waals surface area contributed by atoms with Crippen LogP contribution in [0.3, 0.4) is 0 Å². The lowest BCUT2D eigenvalue weighted by atomic mass is 10.3. The molecule has 2 N–H and O–H groups in total. The second-order valence-corrected chi connectivity index (χ2v) is 6.14. The van der Waals surface area contributed by atoms with Gasteiger partial charge in [-0.1, -0.05) is 0 Å². The average Bonchev–Trinajstić information content (AvgIpc) is 2.77. The van der Waals surface area contributed by atoms with Crippen molar-refractivity contribution < 1.29 is 9.90 Å². The Kier molecular flexibility index (Phi) is 1.64. The fourth-order valence-electron chi connectivity index (χ4n) is 1.68. The van der Waals surface area contributed by atoms with E-state index >= 15 is 0 Å². The zero-order valence-corrected chi connectivity index (χ0v) is 9.00. The SMILES string of the molecule is O=C(O)c1scc2c1NCC1(CC1)S2. The third-order valence-electron chi connectivity index (χ3n) is 2.67. The first-order chi connectivity index (χ1) is 6.70. The summed E-state index contributed by atoms with van der Waals surface area (Å²) in [5.74, 6) is -0.823. The number of nitrogens with one attached hydrogen (secondary N) is 1. The van der Waals surface area contributed by atoms with E-state index in [4.69, 9.17) is 5.11 Å². The summed E-state index contributed by atoms with van der Waals surface area (Å²) in [4.78, 5) is 12.4. The van der Waals surface area contributed by atoms with Crippen molar-refractivity contribution in [2.24, 2.45) is 0 Å². The summed E-state index contributed by atoms with van der Waals surface area (Å²) in [5.41, 5.74) is 0.838. The molecular weight excluding hydrogens is 218 g/mol. The van der Waals surface area contributed by atoms with Crippen LogP contribution in [0.5, 0.6) is 0 Å². The van der Waals surface area contributed by atoms with Crippen LogP contribution in [0.25, 0.3) is 0 Å². The van der Waals surface area contributed by atoms with Crippen molar-refractivity contribution >= 4 is 34.8 Å². The van der Waals surface area contributed by atoms with Crippen LogP contribution in [0.15, 0.2) is 10.3 Å². The molecular formula is C9H9NO2S2. The Morgan fingerprint density at radius 3 is 3.00 bits per heavy atom. The quantitative estimate of drug-likeness (QED) is 0.774. The minimum Gasteiger partial charge on any atom is -0.477 e. The minimum absolute atomic E-state index is 0.393. The molecule has 3 nitrogen and oxygen atoms in total. The molecule has 1 aliphatic heterocycles. The van der Waals surface area contributed by atoms with Crippen molar-refractivity contribution in [1.82, 2.24) is 0 Å². The van der Waals surface area contributed by atoms with E-state index in [1.807, 2.05) is 17.1 Å². The number of anilines is 1. The van der Waals surface area contributed by atoms with Gasteiger partial charge in [-0.25, -0.2) is 4.79 Å². The number of carboxylic acids is 1. The summed E-state index contributed by atoms with van der Waals surface area (Å²) in [5, 5.41) is 14.1. The third kappa shape index (κ3) is 1.15. The average molecular weight is 227 g/mol. The van der Waals surface area contributed by atoms with Gasteiger partial charge >= 0.3 is 5.97 Å². The molecule has 1 aliphatic carbocycles. The summed E-state index contributed by atoms with van der Waals surface area (Å²) in [6.45, 7) is 0.918. The van der Waals surface area contributed by atoms with E-state index in [0.29, 0.717) is 9.62 Å². The van der Waals surface area contributed by atoms with Crippen LogP contribution in [-0.4, -0.2) is 22.4 Å². The number of rotatable bonds is 1. The molecule has 0 radical (unpaired) electrons. The Morgan fingerprint density at radius 2 is 2.36 bits per heavy atom. The number of thiophene rings is 1. The zero-order chi connectivity index (χ0) is 9.76. The molecule has 0 unspecified atom stereocenters. The van der Waals surface area contributed by atoms with Crippen molar-refractivity contribution in [3.8, 4) is 0 Å². The molecule has 5 heteroatoms. The number of hydrogen-bond acceptors (Lipinski definition) is 4. The Morgan fingerprint density at radius 1 is 1.57 bits per heavy atom. The number of aromatic carboxylic acids is 1. The summed E-state index contributed by atoms with van der Waals surface area (Å²) in [7, 11) is 0. The maximum Gasteiger partial charge on any atom is 0.348 e. The Labute approximate surface area is 89.5 Å². The lowest BCUT2D eigenvalue weighted by Gasteiger charge is -2.23. The maximum atomic E-state index is 10.9. The third-order valence-corrected chi connectivity index (χ3v) is 5.32. The van der Waals surface area contributed by atoms with Crippen molar-refractivity contribution in [3.05, 3.63) is 10.3 Å². The number of thioether (sulfide) groups is 1. The van der Waals surface area contributed by atoms with E-state index < -0.39 is 5.97 Å². The van der Waals surface area contributed by atoms with Crippen LogP contribution in [0.4, 0.5) is 5.69 Å². The topological polar surface area (TPSA) is 49.3 Å². The standard InChI is InChI=1S/C9H9NO2S2/c11-8(12)7-6-5(3-13-7)14-9(1-2-9)4-10-6/h3,10H,1-2,4H2,(H,11,12). The van der Waals surface area contributed by atoms with Gasteiger partial charge in [0, 0.05) is 21.6 Å². The van der Waals surface area contributed by atoms with E-state index in [9.17, 15) is 4.79 Å². The number of carboxylic acid groups (broad SMARTS) is 1. The first-order valence-electron chi connectivity index (χ1n) is 4.48. The molecule has 0 aromatic carbocycles. The lowest BCUT2D eigenvalue weighted by Crippen LogP contribution is -2.22. The van der Waals surface area contributed by atoms with Gasteiger partial charge < -0.3 is 10.4 Å². The van der Waals surface area contributed by atoms with E-state index in [1.165, 1.54) is 24.2 Å². The largest absolute Gasteiger partial charge is 0.477 e. The molecule has 0 saturated heterocycles. The van der Waals surface area contributed by atoms with E-state index in [0.717, 1.165) is 17.1 Å². The predicted molar refractivity (Wildman–Crippen MR) is 57.6 cm³/mol. The molecule has 14 heavy (non-hydrogen) atoms. The second kappa shape index (κ2) is 2.67. The summed E-state index contributed by atoms with van der Waals surface area (Å²) in [6, 6.07) is 0. The van der Waals surface area contributed by atoms with E-state index in [1.54, 1.807) is 0 Å². The molecule has 1 fully saturated rings. The smallest absolute Gasteiger partial charge is 0.348 e. The van der Waals surface area contributed by atoms with Crippen LogP contribution in [-0.2, 0) is 0 Å². The summed E-state index contributed by atoms with van der Waals surface area (Å²) < 4.78 is 0.393. The molecule has 1 saturated carbocycles. The molecule has 1 spiro atoms. The molecule has 74 valence electrons. The monoisotopic (exact) mass is 227 g/mol. The molecule has 0 amide bonds. The van der Waals surface area contributed by atoms with Crippen LogP contribution in [0, 0.1) is 0 Å². The van der Waals surface area contributed by atoms with Crippen molar-refractivity contribution in [2.45, 2.75) is 22.5 Å². The highest BCUT2D eigenvalue weighted by molar-refractivity contribution is 8.01. The second-order valence-electron chi connectivity index (χ2n) is 3.75. The predicted octanol–water partition coefficient (Wildman–Crippen LogP) is 2.50. The van der Waals surface area contributed by atoms with Crippen LogP contribution < -0.4 is 5.32 Å². The van der Waals surface area contributed by atoms with Gasteiger partial charge in [0.25, 0.3) is 0 Å². The highest BCUT2D eigenvalue weighted by Gasteiger charge is 2.47. The van der Waals surface area contributed by atoms with E-state index in [-0.39, 0.29) is 0 Å². The Hall–Kier alpha value is -0.680. The van der Waals surface area contributed by atoms with Crippen molar-refractivity contribution in [1.29, 1.82) is 0 Å². The van der Waals surface area contributed by atoms with Gasteiger partial charge in [0.15, 0.2) is 0 Å². The molecule has 1 aromatic rings. The van der Waals surface area contributed by atoms with E-state index in [2.05, 4.69) is 5.32 Å². The van der Waals surface area contributed by atoms with Crippen molar-refractivity contribution in [3.63, 3.8) is 0 Å². The van der Waals surface area contributed by atoms with Gasteiger partial charge in [0.2, 0.25) is 0 Å². The highest BCUT2D eigenvalue weighted by Crippen LogP contribution is 2.57. The number of carbonyl (C=O) groups is 1. The van der Waals surface area contributed by atoms with Crippen LogP contribution >= 0.6 is 23.1 Å². The van der Waals surface area contributed by atoms with Gasteiger partial charge in [0.1, 0.15) is 4.88 Å². The summed E-state index contributed by atoms with van der Waals surface area (Å²) >= 11 is 3.17. The van der Waals surface area contributed by atoms with Crippen LogP contribution in [0.1, 0.15) is 22.5 Å². The Balaban J connectivity index is 2.00. The highest BCUT2D eigenvalue weighted by atomic mass is 32.2. The molecule has 1 aromatic heterocycles. The number of hydrogen-bond donors (Lipinski definition) is 2. The van der Waals surface area contributed by atoms with Gasteiger partial charge in [-0.05, 0) is 12.8 Å². The first kappa shape index (κ1) is 8.61. The fourth-order valence-corrected chi connectivity index (χ4v) is 4.02. The molecule has 3 rings (SSSR count). The van der Waals surface area contributed by atoms with Crippen molar-refractivity contribution in [2.75, 3.05) is 11.9 Å². The lowest BCUT2D eigenvalue weighted by molar-refractivity contribution is 0.0703. The van der Waals surface area contributed by atoms with Gasteiger partial charge in [-0.2, -0.15) is 0 Å². The molecule has 2 heterocycles. The first-order valence-corrected chi connectivity index (χ1v) is 6.17. The normalized spacial score (nSPS) is 21.4. The zero-order valence-electron chi connectivity index (χ0n) is 7.37. The summed E-state index contributed by atoms with van der Waals surface area (Å²) in [6.07, 6.45) is 2.50. The fraction of sp³-hybridized carbons (Fsp3) is 0.444. The van der Waals surface area contributed by atoms with Gasteiger partial charge in [-0.15, -0.1) is 23.1 Å². The Bertz CT molecular complexity index is 409. The maximum absolute atomic E-state index is 10.9. The molecule has 0 bridgehead atoms. The molecule has 2 aliphatic rings. The minimum atomic E-state index is -0.823. The van der Waals surface area contributed by atoms with Crippen LogP contribution in [0.2, 0.25) is 0 Å². The number of fused-ring (bicyclic) bond motifs is 1. The molecule has 0 atom stereocenters. The van der Waals surface area contributed by atoms with Gasteiger partial charge in [0.05, 0.1) is 5.69 Å². The van der Waals surface area contributed by atoms with Gasteiger partial charge in [-0.3, -0.25) is 0 Å².